The minimum atomic E-state index is -4.04. The van der Waals surface area contributed by atoms with Crippen molar-refractivity contribution in [1.29, 1.82) is 0 Å². The number of carbonyl (C=O) groups excluding carboxylic acids is 2. The molecule has 0 bridgehead atoms. The van der Waals surface area contributed by atoms with Crippen LogP contribution in [0.1, 0.15) is 25.6 Å². The van der Waals surface area contributed by atoms with Gasteiger partial charge < -0.3 is 14.2 Å². The van der Waals surface area contributed by atoms with Crippen LogP contribution < -0.4 is 11.2 Å². The zero-order valence-corrected chi connectivity index (χ0v) is 16.3. The number of hydrogen-bond acceptors (Lipinski definition) is 10. The number of aromatic nitrogens is 2. The van der Waals surface area contributed by atoms with Gasteiger partial charge in [0.2, 0.25) is 0 Å². The Morgan fingerprint density at radius 1 is 1.21 bits per heavy atom. The number of ether oxygens (including phenoxy) is 3. The summed E-state index contributed by atoms with van der Waals surface area (Å²) < 4.78 is 44.9. The number of aryl methyl sites for hydroxylation is 1. The van der Waals surface area contributed by atoms with Crippen LogP contribution in [0, 0.1) is 6.92 Å². The lowest BCUT2D eigenvalue weighted by Gasteiger charge is -2.23. The molecule has 1 saturated heterocycles. The quantitative estimate of drug-likeness (QED) is 0.427. The third-order valence-electron chi connectivity index (χ3n) is 3.74. The molecule has 1 aromatic rings. The van der Waals surface area contributed by atoms with Gasteiger partial charge in [-0.15, -0.1) is 0 Å². The molecule has 2 rings (SSSR count). The summed E-state index contributed by atoms with van der Waals surface area (Å²) in [4.78, 5) is 48.6. The van der Waals surface area contributed by atoms with E-state index in [1.54, 1.807) is 0 Å². The molecule has 1 aromatic heterocycles. The summed E-state index contributed by atoms with van der Waals surface area (Å²) in [5.74, 6) is -1.45. The topological polar surface area (TPSA) is 160 Å². The molecule has 12 nitrogen and oxygen atoms in total. The number of esters is 2. The highest BCUT2D eigenvalue weighted by atomic mass is 32.2. The van der Waals surface area contributed by atoms with Crippen molar-refractivity contribution in [2.75, 3.05) is 12.9 Å². The SMILES string of the molecule is CC(=O)OC[C@H]1O[C@@H](n2cc(C)c(=O)[nH]c2=O)[C@H](OC(C)=O)[C@H]1OS(C)(=O)=O. The lowest BCUT2D eigenvalue weighted by atomic mass is 10.1. The molecule has 1 fully saturated rings. The van der Waals surface area contributed by atoms with Gasteiger partial charge in [0.25, 0.3) is 15.7 Å². The zero-order valence-electron chi connectivity index (χ0n) is 15.5. The summed E-state index contributed by atoms with van der Waals surface area (Å²) in [6.45, 7) is 3.24. The van der Waals surface area contributed by atoms with Gasteiger partial charge in [0.1, 0.15) is 18.8 Å². The maximum absolute atomic E-state index is 12.2. The molecule has 13 heteroatoms. The minimum Gasteiger partial charge on any atom is -0.463 e. The van der Waals surface area contributed by atoms with Crippen molar-refractivity contribution in [1.82, 2.24) is 9.55 Å². The van der Waals surface area contributed by atoms with Gasteiger partial charge in [0.15, 0.2) is 12.3 Å². The molecule has 1 aliphatic rings. The number of hydrogen-bond donors (Lipinski definition) is 1. The Kier molecular flexibility index (Phi) is 6.41. The lowest BCUT2D eigenvalue weighted by Crippen LogP contribution is -2.42. The van der Waals surface area contributed by atoms with Crippen LogP contribution in [-0.4, -0.2) is 61.1 Å². The van der Waals surface area contributed by atoms with Gasteiger partial charge in [-0.3, -0.25) is 28.1 Å². The second-order valence-electron chi connectivity index (χ2n) is 6.19. The average Bonchev–Trinajstić information content (AvgIpc) is 2.84. The van der Waals surface area contributed by atoms with E-state index in [4.69, 9.17) is 18.4 Å². The van der Waals surface area contributed by atoms with Crippen molar-refractivity contribution >= 4 is 22.1 Å². The Morgan fingerprint density at radius 2 is 1.86 bits per heavy atom. The van der Waals surface area contributed by atoms with Crippen molar-refractivity contribution in [3.05, 3.63) is 32.6 Å². The summed E-state index contributed by atoms with van der Waals surface area (Å²) in [6, 6.07) is 0. The molecule has 0 spiro atoms. The van der Waals surface area contributed by atoms with Crippen LogP contribution in [0.2, 0.25) is 0 Å². The molecular formula is C15H20N2O10S. The molecule has 0 aliphatic carbocycles. The zero-order chi connectivity index (χ0) is 21.2. The first kappa shape index (κ1) is 21.8. The fourth-order valence-corrected chi connectivity index (χ4v) is 3.31. The third kappa shape index (κ3) is 5.27. The van der Waals surface area contributed by atoms with Gasteiger partial charge in [0, 0.05) is 25.6 Å². The molecule has 0 radical (unpaired) electrons. The van der Waals surface area contributed by atoms with Gasteiger partial charge >= 0.3 is 17.6 Å². The van der Waals surface area contributed by atoms with E-state index in [-0.39, 0.29) is 5.56 Å². The molecule has 28 heavy (non-hydrogen) atoms. The molecule has 0 amide bonds. The Bertz CT molecular complexity index is 979. The maximum Gasteiger partial charge on any atom is 0.330 e. The Labute approximate surface area is 159 Å². The molecule has 156 valence electrons. The predicted octanol–water partition coefficient (Wildman–Crippen LogP) is -1.42. The van der Waals surface area contributed by atoms with Crippen molar-refractivity contribution in [3.63, 3.8) is 0 Å². The monoisotopic (exact) mass is 420 g/mol. The van der Waals surface area contributed by atoms with Gasteiger partial charge in [0.05, 0.1) is 6.26 Å². The molecule has 1 N–H and O–H groups in total. The minimum absolute atomic E-state index is 0.161. The molecule has 0 unspecified atom stereocenters. The van der Waals surface area contributed by atoms with Crippen LogP contribution in [0.5, 0.6) is 0 Å². The first-order chi connectivity index (χ1) is 12.9. The van der Waals surface area contributed by atoms with E-state index in [9.17, 15) is 27.6 Å². The predicted molar refractivity (Wildman–Crippen MR) is 91.9 cm³/mol. The van der Waals surface area contributed by atoms with Crippen LogP contribution in [0.4, 0.5) is 0 Å². The van der Waals surface area contributed by atoms with Crippen LogP contribution in [0.3, 0.4) is 0 Å². The number of nitrogens with zero attached hydrogens (tertiary/aromatic N) is 1. The van der Waals surface area contributed by atoms with Crippen molar-refractivity contribution in [2.45, 2.75) is 45.3 Å². The second-order valence-corrected chi connectivity index (χ2v) is 7.79. The van der Waals surface area contributed by atoms with E-state index in [1.807, 2.05) is 0 Å². The summed E-state index contributed by atoms with van der Waals surface area (Å²) in [6.07, 6.45) is -3.33. The van der Waals surface area contributed by atoms with Crippen LogP contribution in [0.25, 0.3) is 0 Å². The lowest BCUT2D eigenvalue weighted by molar-refractivity contribution is -0.155. The highest BCUT2D eigenvalue weighted by molar-refractivity contribution is 7.86. The van der Waals surface area contributed by atoms with Gasteiger partial charge in [-0.1, -0.05) is 0 Å². The van der Waals surface area contributed by atoms with Gasteiger partial charge in [-0.2, -0.15) is 8.42 Å². The molecular weight excluding hydrogens is 400 g/mol. The van der Waals surface area contributed by atoms with E-state index in [2.05, 4.69) is 4.98 Å². The maximum atomic E-state index is 12.2. The molecule has 4 atom stereocenters. The van der Waals surface area contributed by atoms with Gasteiger partial charge in [-0.05, 0) is 6.92 Å². The van der Waals surface area contributed by atoms with E-state index in [0.717, 1.165) is 24.7 Å². The number of aromatic amines is 1. The highest BCUT2D eigenvalue weighted by Gasteiger charge is 2.51. The molecule has 0 saturated carbocycles. The van der Waals surface area contributed by atoms with E-state index >= 15 is 0 Å². The van der Waals surface area contributed by atoms with E-state index < -0.39 is 64.5 Å². The molecule has 0 aromatic carbocycles. The van der Waals surface area contributed by atoms with Crippen molar-refractivity contribution < 1.29 is 36.4 Å². The Balaban J connectivity index is 2.52. The highest BCUT2D eigenvalue weighted by Crippen LogP contribution is 2.34. The summed E-state index contributed by atoms with van der Waals surface area (Å²) >= 11 is 0. The molecule has 1 aliphatic heterocycles. The normalized spacial score (nSPS) is 24.7. The van der Waals surface area contributed by atoms with E-state index in [0.29, 0.717) is 0 Å². The summed E-state index contributed by atoms with van der Waals surface area (Å²) in [5, 5.41) is 0. The first-order valence-electron chi connectivity index (χ1n) is 8.05. The number of H-pyrrole nitrogens is 1. The van der Waals surface area contributed by atoms with Gasteiger partial charge in [-0.25, -0.2) is 4.79 Å². The number of carbonyl (C=O) groups is 2. The van der Waals surface area contributed by atoms with Crippen LogP contribution >= 0.6 is 0 Å². The largest absolute Gasteiger partial charge is 0.463 e. The Hall–Kier alpha value is -2.51. The third-order valence-corrected chi connectivity index (χ3v) is 4.32. The summed E-state index contributed by atoms with van der Waals surface area (Å²) in [7, 11) is -4.04. The number of rotatable bonds is 6. The van der Waals surface area contributed by atoms with E-state index in [1.165, 1.54) is 13.1 Å². The standard InChI is InChI=1S/C15H20N2O10S/c1-7-5-17(15(21)16-13(7)20)14-12(25-9(3)19)11(27-28(4,22)23)10(26-14)6-24-8(2)18/h5,10-12,14H,6H2,1-4H3,(H,16,20,21)/t10-,11+,12-,14-/m1/s1. The molecule has 2 heterocycles. The van der Waals surface area contributed by atoms with Crippen molar-refractivity contribution in [3.8, 4) is 0 Å². The smallest absolute Gasteiger partial charge is 0.330 e. The Morgan fingerprint density at radius 3 is 2.39 bits per heavy atom. The second kappa shape index (κ2) is 8.24. The first-order valence-corrected chi connectivity index (χ1v) is 9.87. The van der Waals surface area contributed by atoms with Crippen LogP contribution in [-0.2, 0) is 38.1 Å². The summed E-state index contributed by atoms with van der Waals surface area (Å²) in [5.41, 5.74) is -1.33. The number of nitrogens with one attached hydrogen (secondary N) is 1. The average molecular weight is 420 g/mol. The van der Waals surface area contributed by atoms with Crippen LogP contribution in [0.15, 0.2) is 15.8 Å². The fourth-order valence-electron chi connectivity index (χ4n) is 2.68. The van der Waals surface area contributed by atoms with Crippen molar-refractivity contribution in [2.24, 2.45) is 0 Å². The fraction of sp³-hybridized carbons (Fsp3) is 0.600.